The Morgan fingerprint density at radius 1 is 0.492 bits per heavy atom. The molecule has 0 N–H and O–H groups in total. The second-order valence-corrected chi connectivity index (χ2v) is 14.8. The number of rotatable bonds is 7. The average molecular weight is 822 g/mol. The molecule has 10 heteroatoms. The number of hydrogen-bond donors (Lipinski definition) is 0. The van der Waals surface area contributed by atoms with Crippen LogP contribution < -0.4 is 0 Å². The van der Waals surface area contributed by atoms with Gasteiger partial charge >= 0.3 is 6.18 Å². The summed E-state index contributed by atoms with van der Waals surface area (Å²) in [5.41, 5.74) is 5.54. The van der Waals surface area contributed by atoms with Gasteiger partial charge in [-0.3, -0.25) is 0 Å². The maximum Gasteiger partial charge on any atom is 0.416 e. The number of halogens is 3. The summed E-state index contributed by atoms with van der Waals surface area (Å²) in [5.74, 6) is 0.613. The van der Waals surface area contributed by atoms with E-state index in [1.54, 1.807) is 36.4 Å². The van der Waals surface area contributed by atoms with Gasteiger partial charge in [-0.1, -0.05) is 140 Å². The normalized spacial score (nSPS) is 11.4. The number of benzene rings is 7. The molecule has 0 saturated heterocycles. The van der Waals surface area contributed by atoms with Crippen molar-refractivity contribution in [3.8, 4) is 79.6 Å². The molecule has 3 aromatic heterocycles. The molecular formula is C53H30F3N7. The smallest absolute Gasteiger partial charge is 0.309 e. The number of fused-ring (bicyclic) bond motifs is 3. The molecule has 0 saturated carbocycles. The summed E-state index contributed by atoms with van der Waals surface area (Å²) in [6, 6.07) is 55.7. The maximum absolute atomic E-state index is 15.6. The van der Waals surface area contributed by atoms with Crippen molar-refractivity contribution < 1.29 is 13.2 Å². The molecule has 0 amide bonds. The maximum atomic E-state index is 15.6. The first kappa shape index (κ1) is 38.5. The van der Waals surface area contributed by atoms with E-state index >= 15 is 13.2 Å². The molecule has 0 aliphatic rings. The van der Waals surface area contributed by atoms with Gasteiger partial charge in [0.25, 0.3) is 0 Å². The number of nitrogens with zero attached hydrogens (tertiary/aromatic N) is 7. The van der Waals surface area contributed by atoms with E-state index in [-0.39, 0.29) is 22.5 Å². The molecule has 298 valence electrons. The summed E-state index contributed by atoms with van der Waals surface area (Å²) in [7, 11) is 0. The molecule has 7 nitrogen and oxygen atoms in total. The predicted molar refractivity (Wildman–Crippen MR) is 241 cm³/mol. The highest BCUT2D eigenvalue weighted by molar-refractivity contribution is 6.11. The van der Waals surface area contributed by atoms with Crippen LogP contribution in [0.2, 0.25) is 0 Å². The minimum absolute atomic E-state index is 0.118. The summed E-state index contributed by atoms with van der Waals surface area (Å²) in [4.78, 5) is 23.8. The van der Waals surface area contributed by atoms with Gasteiger partial charge < -0.3 is 4.57 Å². The Morgan fingerprint density at radius 3 is 1.37 bits per heavy atom. The quantitative estimate of drug-likeness (QED) is 0.150. The fourth-order valence-corrected chi connectivity index (χ4v) is 7.93. The second-order valence-electron chi connectivity index (χ2n) is 14.8. The Balaban J connectivity index is 1.41. The molecule has 0 aliphatic heterocycles. The van der Waals surface area contributed by atoms with E-state index in [1.807, 2.05) is 138 Å². The van der Waals surface area contributed by atoms with Crippen LogP contribution in [0.25, 0.3) is 100 Å². The lowest BCUT2D eigenvalue weighted by Crippen LogP contribution is -2.10. The van der Waals surface area contributed by atoms with Crippen LogP contribution in [0.1, 0.15) is 11.1 Å². The monoisotopic (exact) mass is 821 g/mol. The SMILES string of the molecule is [C-]#[N+]c1ccc2c3ccc(C#N)cc3n(-c3c(-c4cc(-c5ccccc5)nc(-c5ccccc5)n4)cc(C(F)(F)F)cc3-c3cc(-c4ccccc4)nc(-c4ccccc4)n3)c2c1. The van der Waals surface area contributed by atoms with Crippen LogP contribution >= 0.6 is 0 Å². The van der Waals surface area contributed by atoms with Gasteiger partial charge in [0.05, 0.1) is 57.7 Å². The summed E-state index contributed by atoms with van der Waals surface area (Å²) in [5, 5.41) is 11.7. The first-order valence-electron chi connectivity index (χ1n) is 19.9. The lowest BCUT2D eigenvalue weighted by atomic mass is 9.95. The average Bonchev–Trinajstić information content (AvgIpc) is 3.66. The lowest BCUT2D eigenvalue weighted by Gasteiger charge is -2.22. The van der Waals surface area contributed by atoms with Crippen molar-refractivity contribution in [1.82, 2.24) is 24.5 Å². The Hall–Kier alpha value is -8.73. The molecule has 0 bridgehead atoms. The van der Waals surface area contributed by atoms with Crippen molar-refractivity contribution in [2.24, 2.45) is 0 Å². The second kappa shape index (κ2) is 15.7. The molecule has 0 fully saturated rings. The highest BCUT2D eigenvalue weighted by Crippen LogP contribution is 2.46. The van der Waals surface area contributed by atoms with Gasteiger partial charge in [-0.2, -0.15) is 18.4 Å². The van der Waals surface area contributed by atoms with E-state index in [0.29, 0.717) is 62.1 Å². The molecular weight excluding hydrogens is 792 g/mol. The van der Waals surface area contributed by atoms with Gasteiger partial charge in [0.1, 0.15) is 0 Å². The van der Waals surface area contributed by atoms with Crippen LogP contribution in [0, 0.1) is 17.9 Å². The first-order chi connectivity index (χ1) is 30.7. The van der Waals surface area contributed by atoms with Crippen LogP contribution in [-0.4, -0.2) is 24.5 Å². The molecule has 0 radical (unpaired) electrons. The van der Waals surface area contributed by atoms with Crippen LogP contribution in [0.4, 0.5) is 18.9 Å². The third-order valence-electron chi connectivity index (χ3n) is 10.9. The minimum Gasteiger partial charge on any atom is -0.309 e. The van der Waals surface area contributed by atoms with Gasteiger partial charge in [-0.05, 0) is 42.5 Å². The lowest BCUT2D eigenvalue weighted by molar-refractivity contribution is -0.137. The van der Waals surface area contributed by atoms with Gasteiger partial charge in [0.15, 0.2) is 17.3 Å². The number of nitriles is 1. The Morgan fingerprint density at radius 2 is 0.921 bits per heavy atom. The molecule has 0 atom stereocenters. The zero-order valence-corrected chi connectivity index (χ0v) is 33.1. The van der Waals surface area contributed by atoms with E-state index in [1.165, 1.54) is 0 Å². The van der Waals surface area contributed by atoms with Crippen LogP contribution in [0.15, 0.2) is 182 Å². The van der Waals surface area contributed by atoms with Crippen molar-refractivity contribution in [2.75, 3.05) is 0 Å². The Bertz CT molecular complexity index is 3110. The zero-order chi connectivity index (χ0) is 43.1. The van der Waals surface area contributed by atoms with E-state index in [9.17, 15) is 5.26 Å². The summed E-state index contributed by atoms with van der Waals surface area (Å²) < 4.78 is 48.6. The fraction of sp³-hybridized carbons (Fsp3) is 0.0189. The number of alkyl halides is 3. The van der Waals surface area contributed by atoms with Gasteiger partial charge in [0.2, 0.25) is 0 Å². The zero-order valence-electron chi connectivity index (χ0n) is 33.1. The van der Waals surface area contributed by atoms with Crippen LogP contribution in [-0.2, 0) is 6.18 Å². The Labute approximate surface area is 359 Å². The highest BCUT2D eigenvalue weighted by Gasteiger charge is 2.35. The van der Waals surface area contributed by atoms with E-state index < -0.39 is 11.7 Å². The van der Waals surface area contributed by atoms with Crippen molar-refractivity contribution in [3.63, 3.8) is 0 Å². The van der Waals surface area contributed by atoms with Gasteiger partial charge in [-0.15, -0.1) is 0 Å². The molecule has 0 spiro atoms. The van der Waals surface area contributed by atoms with Crippen molar-refractivity contribution >= 4 is 27.5 Å². The molecule has 63 heavy (non-hydrogen) atoms. The summed E-state index contributed by atoms with van der Waals surface area (Å²) in [6.45, 7) is 7.98. The van der Waals surface area contributed by atoms with Gasteiger partial charge in [0, 0.05) is 49.7 Å². The highest BCUT2D eigenvalue weighted by atomic mass is 19.4. The third-order valence-corrected chi connectivity index (χ3v) is 10.9. The predicted octanol–water partition coefficient (Wildman–Crippen LogP) is 13.8. The van der Waals surface area contributed by atoms with E-state index in [0.717, 1.165) is 34.0 Å². The van der Waals surface area contributed by atoms with Crippen molar-refractivity contribution in [3.05, 3.63) is 205 Å². The molecule has 0 unspecified atom stereocenters. The minimum atomic E-state index is -4.82. The summed E-state index contributed by atoms with van der Waals surface area (Å²) >= 11 is 0. The molecule has 7 aromatic carbocycles. The largest absolute Gasteiger partial charge is 0.416 e. The number of aromatic nitrogens is 5. The standard InChI is InChI=1S/C53H30F3N7/c1-58-39-23-25-41-40-24-22-33(32-57)26-48(40)63(49(41)29-39)50-42(46-30-44(34-14-6-2-7-15-34)59-51(61-46)36-18-10-4-11-19-36)27-38(53(54,55)56)28-43(50)47-31-45(35-16-8-3-9-17-35)60-52(62-47)37-20-12-5-13-21-37/h2-31H. The van der Waals surface area contributed by atoms with Crippen LogP contribution in [0.5, 0.6) is 0 Å². The van der Waals surface area contributed by atoms with E-state index in [4.69, 9.17) is 26.5 Å². The topological polar surface area (TPSA) is 84.6 Å². The third kappa shape index (κ3) is 7.22. The van der Waals surface area contributed by atoms with Gasteiger partial charge in [-0.25, -0.2) is 24.8 Å². The number of hydrogen-bond acceptors (Lipinski definition) is 5. The van der Waals surface area contributed by atoms with Crippen LogP contribution in [0.3, 0.4) is 0 Å². The Kier molecular flexibility index (Phi) is 9.59. The van der Waals surface area contributed by atoms with Crippen molar-refractivity contribution in [2.45, 2.75) is 6.18 Å². The first-order valence-corrected chi connectivity index (χ1v) is 19.9. The molecule has 0 aliphatic carbocycles. The molecule has 10 aromatic rings. The van der Waals surface area contributed by atoms with E-state index in [2.05, 4.69) is 10.9 Å². The molecule has 3 heterocycles. The summed E-state index contributed by atoms with van der Waals surface area (Å²) in [6.07, 6.45) is -4.82. The van der Waals surface area contributed by atoms with Crippen molar-refractivity contribution in [1.29, 1.82) is 5.26 Å². The fourth-order valence-electron chi connectivity index (χ4n) is 7.93. The molecule has 10 rings (SSSR count).